The van der Waals surface area contributed by atoms with Crippen molar-refractivity contribution >= 4 is 23.2 Å². The highest BCUT2D eigenvalue weighted by atomic mass is 16.6. The number of rotatable bonds is 5. The average Bonchev–Trinajstić information content (AvgIpc) is 3.47. The van der Waals surface area contributed by atoms with E-state index in [1.165, 1.54) is 18.9 Å². The molecule has 2 aliphatic heterocycles. The molecule has 1 aromatic carbocycles. The van der Waals surface area contributed by atoms with E-state index in [2.05, 4.69) is 0 Å². The van der Waals surface area contributed by atoms with Crippen LogP contribution in [-0.2, 0) is 4.79 Å². The largest absolute Gasteiger partial charge is 0.366 e. The molecule has 2 amide bonds. The summed E-state index contributed by atoms with van der Waals surface area (Å²) in [6, 6.07) is 4.81. The van der Waals surface area contributed by atoms with Crippen LogP contribution in [0.15, 0.2) is 18.2 Å². The second kappa shape index (κ2) is 9.02. The molecule has 3 fully saturated rings. The first-order chi connectivity index (χ1) is 14.5. The Labute approximate surface area is 177 Å². The Morgan fingerprint density at radius 2 is 1.57 bits per heavy atom. The zero-order valence-corrected chi connectivity index (χ0v) is 17.4. The Hall–Kier alpha value is -2.64. The predicted octanol–water partition coefficient (Wildman–Crippen LogP) is 3.06. The predicted molar refractivity (Wildman–Crippen MR) is 114 cm³/mol. The number of anilines is 1. The molecule has 1 aromatic rings. The lowest BCUT2D eigenvalue weighted by Gasteiger charge is -2.35. The Balaban J connectivity index is 1.38. The van der Waals surface area contributed by atoms with Gasteiger partial charge in [-0.15, -0.1) is 0 Å². The van der Waals surface area contributed by atoms with Gasteiger partial charge in [0.2, 0.25) is 5.91 Å². The lowest BCUT2D eigenvalue weighted by Crippen LogP contribution is -2.50. The number of piperazine rings is 1. The van der Waals surface area contributed by atoms with Gasteiger partial charge in [0.05, 0.1) is 4.92 Å². The minimum atomic E-state index is -0.399. The van der Waals surface area contributed by atoms with Crippen LogP contribution >= 0.6 is 0 Å². The third-order valence-corrected chi connectivity index (χ3v) is 6.72. The van der Waals surface area contributed by atoms with Crippen LogP contribution in [0.2, 0.25) is 0 Å². The van der Waals surface area contributed by atoms with Crippen molar-refractivity contribution < 1.29 is 14.5 Å². The number of nitro groups is 1. The Bertz CT molecular complexity index is 807. The number of nitro benzene ring substituents is 1. The van der Waals surface area contributed by atoms with E-state index in [1.54, 1.807) is 17.0 Å². The van der Waals surface area contributed by atoms with E-state index >= 15 is 0 Å². The number of amides is 2. The van der Waals surface area contributed by atoms with Gasteiger partial charge in [0.1, 0.15) is 5.69 Å². The molecule has 0 aromatic heterocycles. The molecule has 0 N–H and O–H groups in total. The van der Waals surface area contributed by atoms with Crippen molar-refractivity contribution in [2.24, 2.45) is 5.92 Å². The topological polar surface area (TPSA) is 87.0 Å². The molecule has 0 unspecified atom stereocenters. The van der Waals surface area contributed by atoms with E-state index in [1.807, 2.05) is 9.80 Å². The van der Waals surface area contributed by atoms with Crippen LogP contribution in [0.4, 0.5) is 11.4 Å². The lowest BCUT2D eigenvalue weighted by atomic mass is 10.0. The zero-order chi connectivity index (χ0) is 21.1. The van der Waals surface area contributed by atoms with Gasteiger partial charge in [-0.25, -0.2) is 0 Å². The van der Waals surface area contributed by atoms with Gasteiger partial charge in [-0.05, 0) is 43.7 Å². The molecule has 30 heavy (non-hydrogen) atoms. The van der Waals surface area contributed by atoms with Gasteiger partial charge >= 0.3 is 0 Å². The number of carbonyl (C=O) groups excluding carboxylic acids is 2. The van der Waals surface area contributed by atoms with Gasteiger partial charge in [-0.3, -0.25) is 19.7 Å². The third kappa shape index (κ3) is 4.42. The minimum absolute atomic E-state index is 0.00636. The van der Waals surface area contributed by atoms with Crippen LogP contribution in [-0.4, -0.2) is 65.8 Å². The summed E-state index contributed by atoms with van der Waals surface area (Å²) in [6.45, 7) is 3.63. The number of benzene rings is 1. The number of hydrogen-bond donors (Lipinski definition) is 0. The van der Waals surface area contributed by atoms with Crippen LogP contribution in [0.5, 0.6) is 0 Å². The quantitative estimate of drug-likeness (QED) is 0.546. The summed E-state index contributed by atoms with van der Waals surface area (Å²) in [7, 11) is 0. The van der Waals surface area contributed by atoms with Crippen molar-refractivity contribution in [3.8, 4) is 0 Å². The molecule has 2 heterocycles. The maximum Gasteiger partial charge on any atom is 0.293 e. The average molecular weight is 415 g/mol. The second-order valence-electron chi connectivity index (χ2n) is 8.68. The first-order valence-electron chi connectivity index (χ1n) is 11.1. The highest BCUT2D eigenvalue weighted by molar-refractivity contribution is 5.96. The summed E-state index contributed by atoms with van der Waals surface area (Å²) in [5.41, 5.74) is 0.930. The summed E-state index contributed by atoms with van der Waals surface area (Å²) in [5, 5.41) is 11.6. The SMILES string of the molecule is O=C(CC1CCCC1)N1CCN(C(=O)c2ccc(N3CCCC3)c([N+](=O)[O-])c2)CC1. The molecule has 0 spiro atoms. The van der Waals surface area contributed by atoms with E-state index in [0.29, 0.717) is 49.8 Å². The van der Waals surface area contributed by atoms with Gasteiger partial charge in [0.25, 0.3) is 11.6 Å². The molecule has 4 rings (SSSR count). The van der Waals surface area contributed by atoms with Crippen molar-refractivity contribution in [2.45, 2.75) is 44.9 Å². The molecule has 8 heteroatoms. The smallest absolute Gasteiger partial charge is 0.293 e. The van der Waals surface area contributed by atoms with E-state index in [4.69, 9.17) is 0 Å². The van der Waals surface area contributed by atoms with Crippen LogP contribution < -0.4 is 4.90 Å². The molecular formula is C22H30N4O4. The maximum atomic E-state index is 12.9. The normalized spacial score (nSPS) is 20.1. The first-order valence-corrected chi connectivity index (χ1v) is 11.1. The van der Waals surface area contributed by atoms with E-state index in [-0.39, 0.29) is 17.5 Å². The van der Waals surface area contributed by atoms with Crippen LogP contribution in [0, 0.1) is 16.0 Å². The van der Waals surface area contributed by atoms with Crippen LogP contribution in [0.25, 0.3) is 0 Å². The van der Waals surface area contributed by atoms with Crippen molar-refractivity contribution in [1.29, 1.82) is 0 Å². The zero-order valence-electron chi connectivity index (χ0n) is 17.4. The lowest BCUT2D eigenvalue weighted by molar-refractivity contribution is -0.384. The van der Waals surface area contributed by atoms with Gasteiger partial charge in [0, 0.05) is 57.3 Å². The number of hydrogen-bond acceptors (Lipinski definition) is 5. The molecule has 0 radical (unpaired) electrons. The number of nitrogens with zero attached hydrogens (tertiary/aromatic N) is 4. The molecule has 0 atom stereocenters. The first kappa shape index (κ1) is 20.6. The van der Waals surface area contributed by atoms with E-state index in [0.717, 1.165) is 38.8 Å². The fraction of sp³-hybridized carbons (Fsp3) is 0.636. The molecule has 3 aliphatic rings. The monoisotopic (exact) mass is 414 g/mol. The summed E-state index contributed by atoms with van der Waals surface area (Å²) >= 11 is 0. The summed E-state index contributed by atoms with van der Waals surface area (Å²) in [6.07, 6.45) is 7.43. The van der Waals surface area contributed by atoms with Crippen molar-refractivity contribution in [3.05, 3.63) is 33.9 Å². The molecule has 1 saturated carbocycles. The van der Waals surface area contributed by atoms with Crippen LogP contribution in [0.1, 0.15) is 55.3 Å². The molecule has 0 bridgehead atoms. The highest BCUT2D eigenvalue weighted by Gasteiger charge is 2.29. The maximum absolute atomic E-state index is 12.9. The van der Waals surface area contributed by atoms with E-state index < -0.39 is 4.92 Å². The summed E-state index contributed by atoms with van der Waals surface area (Å²) < 4.78 is 0. The summed E-state index contributed by atoms with van der Waals surface area (Å²) in [4.78, 5) is 42.3. The second-order valence-corrected chi connectivity index (χ2v) is 8.68. The molecule has 8 nitrogen and oxygen atoms in total. The fourth-order valence-electron chi connectivity index (χ4n) is 4.96. The van der Waals surface area contributed by atoms with Gasteiger partial charge in [0.15, 0.2) is 0 Å². The third-order valence-electron chi connectivity index (χ3n) is 6.72. The molecule has 1 aliphatic carbocycles. The Kier molecular flexibility index (Phi) is 6.20. The van der Waals surface area contributed by atoms with Crippen molar-refractivity contribution in [3.63, 3.8) is 0 Å². The van der Waals surface area contributed by atoms with Crippen molar-refractivity contribution in [2.75, 3.05) is 44.2 Å². The van der Waals surface area contributed by atoms with Gasteiger partial charge in [-0.1, -0.05) is 12.8 Å². The molecular weight excluding hydrogens is 384 g/mol. The van der Waals surface area contributed by atoms with Crippen LogP contribution in [0.3, 0.4) is 0 Å². The van der Waals surface area contributed by atoms with E-state index in [9.17, 15) is 19.7 Å². The standard InChI is InChI=1S/C22H30N4O4/c27-21(15-17-5-1-2-6-17)24-11-13-25(14-12-24)22(28)18-7-8-19(20(16-18)26(29)30)23-9-3-4-10-23/h7-8,16-17H,1-6,9-15H2. The molecule has 2 saturated heterocycles. The van der Waals surface area contributed by atoms with Gasteiger partial charge in [-0.2, -0.15) is 0 Å². The Morgan fingerprint density at radius 1 is 0.933 bits per heavy atom. The highest BCUT2D eigenvalue weighted by Crippen LogP contribution is 2.32. The van der Waals surface area contributed by atoms with Gasteiger partial charge < -0.3 is 14.7 Å². The number of carbonyl (C=O) groups is 2. The fourth-order valence-corrected chi connectivity index (χ4v) is 4.96. The molecule has 162 valence electrons. The van der Waals surface area contributed by atoms with Crippen molar-refractivity contribution in [1.82, 2.24) is 9.80 Å². The summed E-state index contributed by atoms with van der Waals surface area (Å²) in [5.74, 6) is 0.514. The Morgan fingerprint density at radius 3 is 2.20 bits per heavy atom. The minimum Gasteiger partial charge on any atom is -0.366 e.